The SMILES string of the molecule is CCCC(CC)N(CNC)C(C)(CC)CC. The van der Waals surface area contributed by atoms with Crippen LogP contribution in [0.4, 0.5) is 0 Å². The van der Waals surface area contributed by atoms with Crippen molar-refractivity contribution < 1.29 is 0 Å². The number of nitrogens with zero attached hydrogens (tertiary/aromatic N) is 1. The van der Waals surface area contributed by atoms with E-state index in [2.05, 4.69) is 51.9 Å². The normalized spacial score (nSPS) is 14.4. The lowest BCUT2D eigenvalue weighted by Crippen LogP contribution is -2.54. The van der Waals surface area contributed by atoms with Crippen LogP contribution in [0.25, 0.3) is 0 Å². The van der Waals surface area contributed by atoms with Gasteiger partial charge in [-0.2, -0.15) is 0 Å². The number of rotatable bonds is 9. The highest BCUT2D eigenvalue weighted by Gasteiger charge is 2.31. The molecule has 0 saturated heterocycles. The molecule has 0 heterocycles. The van der Waals surface area contributed by atoms with Crippen LogP contribution in [0.5, 0.6) is 0 Å². The predicted octanol–water partition coefficient (Wildman–Crippen LogP) is 3.62. The molecular formula is C14H32N2. The molecule has 98 valence electrons. The maximum atomic E-state index is 3.34. The van der Waals surface area contributed by atoms with Gasteiger partial charge in [-0.15, -0.1) is 0 Å². The lowest BCUT2D eigenvalue weighted by atomic mass is 9.90. The third-order valence-electron chi connectivity index (χ3n) is 4.08. The van der Waals surface area contributed by atoms with Gasteiger partial charge in [0.2, 0.25) is 0 Å². The third-order valence-corrected chi connectivity index (χ3v) is 4.08. The zero-order valence-corrected chi connectivity index (χ0v) is 12.3. The Balaban J connectivity index is 4.79. The topological polar surface area (TPSA) is 15.3 Å². The smallest absolute Gasteiger partial charge is 0.0485 e. The van der Waals surface area contributed by atoms with Crippen molar-refractivity contribution in [2.45, 2.75) is 78.3 Å². The predicted molar refractivity (Wildman–Crippen MR) is 73.7 cm³/mol. The minimum Gasteiger partial charge on any atom is -0.307 e. The number of nitrogens with one attached hydrogen (secondary N) is 1. The average Bonchev–Trinajstić information content (AvgIpc) is 2.32. The van der Waals surface area contributed by atoms with Gasteiger partial charge in [0, 0.05) is 18.2 Å². The molecule has 0 rings (SSSR count). The molecule has 0 bridgehead atoms. The molecule has 1 atom stereocenters. The highest BCUT2D eigenvalue weighted by atomic mass is 15.3. The fourth-order valence-electron chi connectivity index (χ4n) is 2.50. The molecule has 0 aliphatic carbocycles. The molecule has 0 aromatic carbocycles. The first kappa shape index (κ1) is 15.9. The van der Waals surface area contributed by atoms with Gasteiger partial charge in [0.25, 0.3) is 0 Å². The Morgan fingerprint density at radius 3 is 2.00 bits per heavy atom. The van der Waals surface area contributed by atoms with Gasteiger partial charge in [0.1, 0.15) is 0 Å². The van der Waals surface area contributed by atoms with Crippen LogP contribution >= 0.6 is 0 Å². The molecule has 0 aliphatic heterocycles. The van der Waals surface area contributed by atoms with E-state index in [-0.39, 0.29) is 0 Å². The monoisotopic (exact) mass is 228 g/mol. The van der Waals surface area contributed by atoms with Gasteiger partial charge in [-0.25, -0.2) is 0 Å². The minimum absolute atomic E-state index is 0.346. The molecule has 0 amide bonds. The van der Waals surface area contributed by atoms with Gasteiger partial charge in [0.05, 0.1) is 0 Å². The Hall–Kier alpha value is -0.0800. The number of hydrogen-bond donors (Lipinski definition) is 1. The summed E-state index contributed by atoms with van der Waals surface area (Å²) in [4.78, 5) is 2.68. The van der Waals surface area contributed by atoms with Crippen molar-refractivity contribution in [2.75, 3.05) is 13.7 Å². The highest BCUT2D eigenvalue weighted by molar-refractivity contribution is 4.87. The van der Waals surface area contributed by atoms with Gasteiger partial charge < -0.3 is 5.32 Å². The molecule has 0 radical (unpaired) electrons. The first-order valence-corrected chi connectivity index (χ1v) is 7.00. The molecule has 0 aliphatic rings. The Kier molecular flexibility index (Phi) is 8.04. The summed E-state index contributed by atoms with van der Waals surface area (Å²) < 4.78 is 0. The van der Waals surface area contributed by atoms with Crippen LogP contribution in [0.1, 0.15) is 66.7 Å². The molecule has 16 heavy (non-hydrogen) atoms. The second kappa shape index (κ2) is 8.08. The van der Waals surface area contributed by atoms with E-state index in [1.807, 2.05) is 0 Å². The zero-order valence-electron chi connectivity index (χ0n) is 12.3. The maximum Gasteiger partial charge on any atom is 0.0485 e. The minimum atomic E-state index is 0.346. The van der Waals surface area contributed by atoms with E-state index < -0.39 is 0 Å². The average molecular weight is 228 g/mol. The van der Waals surface area contributed by atoms with Crippen LogP contribution in [0.3, 0.4) is 0 Å². The van der Waals surface area contributed by atoms with Gasteiger partial charge >= 0.3 is 0 Å². The van der Waals surface area contributed by atoms with Crippen LogP contribution < -0.4 is 5.32 Å². The Morgan fingerprint density at radius 1 is 1.12 bits per heavy atom. The van der Waals surface area contributed by atoms with E-state index in [0.29, 0.717) is 5.54 Å². The van der Waals surface area contributed by atoms with E-state index in [9.17, 15) is 0 Å². The quantitative estimate of drug-likeness (QED) is 0.606. The van der Waals surface area contributed by atoms with Crippen LogP contribution in [0, 0.1) is 0 Å². The second-order valence-corrected chi connectivity index (χ2v) is 5.04. The standard InChI is InChI=1S/C14H32N2/c1-7-11-13(8-2)16(12-15-6)14(5,9-3)10-4/h13,15H,7-12H2,1-6H3. The summed E-state index contributed by atoms with van der Waals surface area (Å²) in [7, 11) is 2.05. The van der Waals surface area contributed by atoms with Gasteiger partial charge in [-0.1, -0.05) is 34.1 Å². The molecule has 2 nitrogen and oxygen atoms in total. The maximum absolute atomic E-state index is 3.34. The van der Waals surface area contributed by atoms with Crippen molar-refractivity contribution in [1.82, 2.24) is 10.2 Å². The Bertz CT molecular complexity index is 164. The van der Waals surface area contributed by atoms with Gasteiger partial charge in [-0.05, 0) is 39.7 Å². The lowest BCUT2D eigenvalue weighted by Gasteiger charge is -2.45. The second-order valence-electron chi connectivity index (χ2n) is 5.04. The van der Waals surface area contributed by atoms with E-state index in [0.717, 1.165) is 12.7 Å². The molecule has 0 fully saturated rings. The zero-order chi connectivity index (χ0) is 12.6. The van der Waals surface area contributed by atoms with Crippen molar-refractivity contribution in [1.29, 1.82) is 0 Å². The van der Waals surface area contributed by atoms with Crippen molar-refractivity contribution in [3.63, 3.8) is 0 Å². The molecule has 0 aromatic rings. The van der Waals surface area contributed by atoms with Crippen molar-refractivity contribution >= 4 is 0 Å². The van der Waals surface area contributed by atoms with E-state index in [1.165, 1.54) is 32.1 Å². The van der Waals surface area contributed by atoms with Crippen LogP contribution in [0.2, 0.25) is 0 Å². The largest absolute Gasteiger partial charge is 0.307 e. The van der Waals surface area contributed by atoms with Gasteiger partial charge in [-0.3, -0.25) is 4.90 Å². The van der Waals surface area contributed by atoms with E-state index in [4.69, 9.17) is 0 Å². The van der Waals surface area contributed by atoms with E-state index >= 15 is 0 Å². The summed E-state index contributed by atoms with van der Waals surface area (Å²) in [5, 5.41) is 3.34. The fourth-order valence-corrected chi connectivity index (χ4v) is 2.50. The molecule has 1 N–H and O–H groups in total. The highest BCUT2D eigenvalue weighted by Crippen LogP contribution is 2.27. The van der Waals surface area contributed by atoms with Crippen molar-refractivity contribution in [3.05, 3.63) is 0 Å². The van der Waals surface area contributed by atoms with Gasteiger partial charge in [0.15, 0.2) is 0 Å². The molecule has 2 heteroatoms. The Labute approximate surface area is 103 Å². The Morgan fingerprint density at radius 2 is 1.69 bits per heavy atom. The van der Waals surface area contributed by atoms with Crippen LogP contribution in [0.15, 0.2) is 0 Å². The molecule has 0 saturated carbocycles. The lowest BCUT2D eigenvalue weighted by molar-refractivity contribution is 0.0353. The number of hydrogen-bond acceptors (Lipinski definition) is 2. The molecule has 0 aromatic heterocycles. The summed E-state index contributed by atoms with van der Waals surface area (Å²) in [6.07, 6.45) is 6.30. The third kappa shape index (κ3) is 4.06. The molecular weight excluding hydrogens is 196 g/mol. The first-order chi connectivity index (χ1) is 7.59. The molecule has 1 unspecified atom stereocenters. The summed E-state index contributed by atoms with van der Waals surface area (Å²) in [6, 6.07) is 0.724. The van der Waals surface area contributed by atoms with Crippen LogP contribution in [-0.2, 0) is 0 Å². The van der Waals surface area contributed by atoms with Crippen LogP contribution in [-0.4, -0.2) is 30.2 Å². The van der Waals surface area contributed by atoms with E-state index in [1.54, 1.807) is 0 Å². The van der Waals surface area contributed by atoms with Crippen molar-refractivity contribution in [2.24, 2.45) is 0 Å². The summed E-state index contributed by atoms with van der Waals surface area (Å²) in [5.74, 6) is 0. The fraction of sp³-hybridized carbons (Fsp3) is 1.00. The summed E-state index contributed by atoms with van der Waals surface area (Å²) in [5.41, 5.74) is 0.346. The summed E-state index contributed by atoms with van der Waals surface area (Å²) >= 11 is 0. The van der Waals surface area contributed by atoms with Crippen molar-refractivity contribution in [3.8, 4) is 0 Å². The molecule has 0 spiro atoms. The summed E-state index contributed by atoms with van der Waals surface area (Å²) in [6.45, 7) is 12.6. The first-order valence-electron chi connectivity index (χ1n) is 7.00.